The summed E-state index contributed by atoms with van der Waals surface area (Å²) in [5.74, 6) is 0.570. The molecule has 0 saturated carbocycles. The highest BCUT2D eigenvalue weighted by molar-refractivity contribution is 6.31. The molecule has 3 rings (SSSR count). The average Bonchev–Trinajstić information content (AvgIpc) is 2.99. The van der Waals surface area contributed by atoms with Gasteiger partial charge in [-0.25, -0.2) is 0 Å². The topological polar surface area (TPSA) is 67.4 Å². The SMILES string of the molecule is N#Cc1ccc(Cn2nnc(-c3ccccc3)n2)c(Cl)c1. The Bertz CT molecular complexity index is 804. The molecule has 0 aliphatic rings. The summed E-state index contributed by atoms with van der Waals surface area (Å²) in [6, 6.07) is 16.8. The van der Waals surface area contributed by atoms with Crippen molar-refractivity contribution in [3.05, 3.63) is 64.7 Å². The van der Waals surface area contributed by atoms with Crippen molar-refractivity contribution < 1.29 is 0 Å². The second-order valence-electron chi connectivity index (χ2n) is 4.43. The molecule has 6 heteroatoms. The molecule has 0 bridgehead atoms. The monoisotopic (exact) mass is 295 g/mol. The van der Waals surface area contributed by atoms with Crippen molar-refractivity contribution >= 4 is 11.6 Å². The lowest BCUT2D eigenvalue weighted by Crippen LogP contribution is -2.04. The zero-order chi connectivity index (χ0) is 14.7. The van der Waals surface area contributed by atoms with E-state index < -0.39 is 0 Å². The maximum Gasteiger partial charge on any atom is 0.204 e. The molecule has 1 aromatic heterocycles. The van der Waals surface area contributed by atoms with Crippen LogP contribution in [0.15, 0.2) is 48.5 Å². The Morgan fingerprint density at radius 1 is 1.14 bits per heavy atom. The largest absolute Gasteiger partial charge is 0.204 e. The first kappa shape index (κ1) is 13.3. The van der Waals surface area contributed by atoms with Crippen LogP contribution in [0.4, 0.5) is 0 Å². The summed E-state index contributed by atoms with van der Waals surface area (Å²) < 4.78 is 0. The van der Waals surface area contributed by atoms with E-state index in [1.165, 1.54) is 4.80 Å². The van der Waals surface area contributed by atoms with E-state index in [1.54, 1.807) is 18.2 Å². The van der Waals surface area contributed by atoms with E-state index >= 15 is 0 Å². The molecule has 0 unspecified atom stereocenters. The molecule has 0 saturated heterocycles. The fourth-order valence-electron chi connectivity index (χ4n) is 1.91. The Hall–Kier alpha value is -2.71. The molecule has 102 valence electrons. The number of nitriles is 1. The van der Waals surface area contributed by atoms with Gasteiger partial charge in [-0.15, -0.1) is 10.2 Å². The van der Waals surface area contributed by atoms with Crippen molar-refractivity contribution in [3.8, 4) is 17.5 Å². The van der Waals surface area contributed by atoms with Gasteiger partial charge in [-0.05, 0) is 22.9 Å². The van der Waals surface area contributed by atoms with Gasteiger partial charge < -0.3 is 0 Å². The lowest BCUT2D eigenvalue weighted by molar-refractivity contribution is 0.573. The Morgan fingerprint density at radius 2 is 1.95 bits per heavy atom. The van der Waals surface area contributed by atoms with Crippen molar-refractivity contribution in [2.24, 2.45) is 0 Å². The summed E-state index contributed by atoms with van der Waals surface area (Å²) in [5, 5.41) is 21.7. The van der Waals surface area contributed by atoms with Crippen LogP contribution < -0.4 is 0 Å². The lowest BCUT2D eigenvalue weighted by Gasteiger charge is -2.02. The van der Waals surface area contributed by atoms with Gasteiger partial charge in [0, 0.05) is 10.6 Å². The van der Waals surface area contributed by atoms with Crippen LogP contribution >= 0.6 is 11.6 Å². The fraction of sp³-hybridized carbons (Fsp3) is 0.0667. The number of benzene rings is 2. The van der Waals surface area contributed by atoms with E-state index in [9.17, 15) is 0 Å². The highest BCUT2D eigenvalue weighted by Crippen LogP contribution is 2.19. The first-order chi connectivity index (χ1) is 10.3. The first-order valence-corrected chi connectivity index (χ1v) is 6.66. The van der Waals surface area contributed by atoms with Crippen LogP contribution in [-0.2, 0) is 6.54 Å². The minimum Gasteiger partial charge on any atom is -0.192 e. The van der Waals surface area contributed by atoms with Crippen LogP contribution in [-0.4, -0.2) is 20.2 Å². The van der Waals surface area contributed by atoms with Crippen molar-refractivity contribution in [2.45, 2.75) is 6.54 Å². The molecule has 0 spiro atoms. The smallest absolute Gasteiger partial charge is 0.192 e. The molecule has 0 aliphatic carbocycles. The van der Waals surface area contributed by atoms with Gasteiger partial charge in [0.1, 0.15) is 0 Å². The first-order valence-electron chi connectivity index (χ1n) is 6.28. The number of tetrazole rings is 1. The third-order valence-corrected chi connectivity index (χ3v) is 3.33. The number of rotatable bonds is 3. The van der Waals surface area contributed by atoms with Crippen LogP contribution in [0.3, 0.4) is 0 Å². The van der Waals surface area contributed by atoms with Crippen LogP contribution in [0, 0.1) is 11.3 Å². The third-order valence-electron chi connectivity index (χ3n) is 2.98. The van der Waals surface area contributed by atoms with Crippen molar-refractivity contribution in [1.82, 2.24) is 20.2 Å². The van der Waals surface area contributed by atoms with E-state index in [1.807, 2.05) is 36.4 Å². The normalized spacial score (nSPS) is 10.3. The molecule has 0 amide bonds. The minimum atomic E-state index is 0.407. The molecule has 0 fully saturated rings. The molecule has 0 N–H and O–H groups in total. The molecule has 5 nitrogen and oxygen atoms in total. The summed E-state index contributed by atoms with van der Waals surface area (Å²) in [4.78, 5) is 1.48. The standard InChI is InChI=1S/C15H10ClN5/c16-14-8-11(9-17)6-7-13(14)10-21-19-15(18-20-21)12-4-2-1-3-5-12/h1-8H,10H2. The Kier molecular flexibility index (Phi) is 3.63. The minimum absolute atomic E-state index is 0.407. The van der Waals surface area contributed by atoms with Crippen molar-refractivity contribution in [2.75, 3.05) is 0 Å². The van der Waals surface area contributed by atoms with Gasteiger partial charge >= 0.3 is 0 Å². The van der Waals surface area contributed by atoms with E-state index in [0.29, 0.717) is 23.0 Å². The maximum atomic E-state index is 8.82. The summed E-state index contributed by atoms with van der Waals surface area (Å²) in [7, 11) is 0. The third kappa shape index (κ3) is 2.91. The fourth-order valence-corrected chi connectivity index (χ4v) is 2.15. The summed E-state index contributed by atoms with van der Waals surface area (Å²) >= 11 is 6.14. The van der Waals surface area contributed by atoms with Crippen molar-refractivity contribution in [1.29, 1.82) is 5.26 Å². The summed E-state index contributed by atoms with van der Waals surface area (Å²) in [6.07, 6.45) is 0. The van der Waals surface area contributed by atoms with Crippen molar-refractivity contribution in [3.63, 3.8) is 0 Å². The molecular formula is C15H10ClN5. The maximum absolute atomic E-state index is 8.82. The molecule has 0 atom stereocenters. The summed E-state index contributed by atoms with van der Waals surface area (Å²) in [6.45, 7) is 0.407. The lowest BCUT2D eigenvalue weighted by atomic mass is 10.1. The zero-order valence-electron chi connectivity index (χ0n) is 10.9. The number of hydrogen-bond acceptors (Lipinski definition) is 4. The van der Waals surface area contributed by atoms with Gasteiger partial charge in [0.2, 0.25) is 5.82 Å². The van der Waals surface area contributed by atoms with Crippen LogP contribution in [0.25, 0.3) is 11.4 Å². The zero-order valence-corrected chi connectivity index (χ0v) is 11.7. The van der Waals surface area contributed by atoms with E-state index in [2.05, 4.69) is 15.4 Å². The number of aromatic nitrogens is 4. The Labute approximate surface area is 126 Å². The van der Waals surface area contributed by atoms with Crippen LogP contribution in [0.5, 0.6) is 0 Å². The summed E-state index contributed by atoms with van der Waals surface area (Å²) in [5.41, 5.74) is 2.28. The molecule has 0 radical (unpaired) electrons. The van der Waals surface area contributed by atoms with Gasteiger partial charge in [-0.1, -0.05) is 48.0 Å². The van der Waals surface area contributed by atoms with Crippen LogP contribution in [0.2, 0.25) is 5.02 Å². The second kappa shape index (κ2) is 5.73. The quantitative estimate of drug-likeness (QED) is 0.745. The average molecular weight is 296 g/mol. The molecule has 3 aromatic rings. The van der Waals surface area contributed by atoms with E-state index in [4.69, 9.17) is 16.9 Å². The van der Waals surface area contributed by atoms with Crippen LogP contribution in [0.1, 0.15) is 11.1 Å². The van der Waals surface area contributed by atoms with E-state index in [-0.39, 0.29) is 0 Å². The van der Waals surface area contributed by atoms with Gasteiger partial charge in [0.15, 0.2) is 0 Å². The Morgan fingerprint density at radius 3 is 2.67 bits per heavy atom. The Balaban J connectivity index is 1.84. The molecule has 1 heterocycles. The van der Waals surface area contributed by atoms with Gasteiger partial charge in [-0.3, -0.25) is 0 Å². The number of nitrogens with zero attached hydrogens (tertiary/aromatic N) is 5. The molecule has 2 aromatic carbocycles. The molecule has 21 heavy (non-hydrogen) atoms. The predicted molar refractivity (Wildman–Crippen MR) is 78.5 cm³/mol. The number of hydrogen-bond donors (Lipinski definition) is 0. The van der Waals surface area contributed by atoms with E-state index in [0.717, 1.165) is 11.1 Å². The molecule has 0 aliphatic heterocycles. The highest BCUT2D eigenvalue weighted by Gasteiger charge is 2.08. The predicted octanol–water partition coefficient (Wildman–Crippen LogP) is 2.91. The van der Waals surface area contributed by atoms with Gasteiger partial charge in [0.25, 0.3) is 0 Å². The van der Waals surface area contributed by atoms with Gasteiger partial charge in [0.05, 0.1) is 18.2 Å². The highest BCUT2D eigenvalue weighted by atomic mass is 35.5. The van der Waals surface area contributed by atoms with Gasteiger partial charge in [-0.2, -0.15) is 10.1 Å². The molecular weight excluding hydrogens is 286 g/mol. The number of halogens is 1. The second-order valence-corrected chi connectivity index (χ2v) is 4.83.